The van der Waals surface area contributed by atoms with Crippen molar-refractivity contribution in [3.05, 3.63) is 0 Å². The van der Waals surface area contributed by atoms with E-state index in [4.69, 9.17) is 40.5 Å². The van der Waals surface area contributed by atoms with Crippen molar-refractivity contribution in [2.24, 2.45) is 0 Å². The van der Waals surface area contributed by atoms with E-state index in [1.165, 1.54) is 28.4 Å². The summed E-state index contributed by atoms with van der Waals surface area (Å²) in [4.78, 5) is 0. The van der Waals surface area contributed by atoms with E-state index in [0.29, 0.717) is 32.7 Å². The predicted octanol–water partition coefficient (Wildman–Crippen LogP) is 0.997. The maximum atomic E-state index is 5.64. The molecule has 0 saturated carbocycles. The molecule has 1 fully saturated rings. The van der Waals surface area contributed by atoms with Gasteiger partial charge in [-0.1, -0.05) is 0 Å². The fourth-order valence-electron chi connectivity index (χ4n) is 1.89. The fraction of sp³-hybridized carbons (Fsp3) is 1.00. The summed E-state index contributed by atoms with van der Waals surface area (Å²) in [6, 6.07) is 0. The van der Waals surface area contributed by atoms with Gasteiger partial charge in [-0.2, -0.15) is 0 Å². The van der Waals surface area contributed by atoms with Gasteiger partial charge in [-0.25, -0.2) is 0 Å². The van der Waals surface area contributed by atoms with Crippen LogP contribution in [0.3, 0.4) is 0 Å². The SMILES string of the molecule is CCO[Si](COCC1CO1)(OCC)OCC.CO[Si](OC)(OC)OC. The second-order valence-electron chi connectivity index (χ2n) is 4.77. The lowest BCUT2D eigenvalue weighted by Crippen LogP contribution is -2.51. The molecule has 1 heterocycles. The zero-order valence-corrected chi connectivity index (χ0v) is 18.5. The van der Waals surface area contributed by atoms with Gasteiger partial charge >= 0.3 is 17.9 Å². The van der Waals surface area contributed by atoms with Gasteiger partial charge in [-0.3, -0.25) is 0 Å². The van der Waals surface area contributed by atoms with Crippen LogP contribution in [-0.4, -0.2) is 91.7 Å². The number of ether oxygens (including phenoxy) is 2. The normalized spacial score (nSPS) is 17.2. The number of hydrogen-bond acceptors (Lipinski definition) is 9. The van der Waals surface area contributed by atoms with Gasteiger partial charge in [0.1, 0.15) is 12.3 Å². The maximum absolute atomic E-state index is 5.64. The van der Waals surface area contributed by atoms with Crippen LogP contribution in [0.5, 0.6) is 0 Å². The van der Waals surface area contributed by atoms with E-state index in [-0.39, 0.29) is 6.10 Å². The highest BCUT2D eigenvalue weighted by atomic mass is 28.4. The minimum atomic E-state index is -2.69. The first-order valence-corrected chi connectivity index (χ1v) is 11.9. The molecule has 0 spiro atoms. The summed E-state index contributed by atoms with van der Waals surface area (Å²) in [5.74, 6) is 0. The Hall–Kier alpha value is 0.0738. The molecular formula is C14H34O9Si2. The van der Waals surface area contributed by atoms with E-state index in [1.54, 1.807) is 0 Å². The van der Waals surface area contributed by atoms with Gasteiger partial charge in [0.25, 0.3) is 0 Å². The third-order valence-corrected chi connectivity index (χ3v) is 7.82. The van der Waals surface area contributed by atoms with E-state index in [2.05, 4.69) is 0 Å². The van der Waals surface area contributed by atoms with Crippen LogP contribution in [-0.2, 0) is 40.5 Å². The predicted molar refractivity (Wildman–Crippen MR) is 95.0 cm³/mol. The lowest BCUT2D eigenvalue weighted by Gasteiger charge is -2.27. The smallest absolute Gasteiger partial charge is 0.374 e. The molecule has 1 unspecified atom stereocenters. The Morgan fingerprint density at radius 2 is 1.20 bits per heavy atom. The molecule has 11 heteroatoms. The first-order chi connectivity index (χ1) is 12.0. The highest BCUT2D eigenvalue weighted by Crippen LogP contribution is 2.14. The summed E-state index contributed by atoms with van der Waals surface area (Å²) in [6.07, 6.45) is 0.666. The molecule has 152 valence electrons. The second-order valence-corrected chi connectivity index (χ2v) is 9.92. The molecule has 0 aliphatic carbocycles. The van der Waals surface area contributed by atoms with Crippen LogP contribution in [0.4, 0.5) is 0 Å². The molecule has 0 bridgehead atoms. The molecule has 1 aliphatic heterocycles. The van der Waals surface area contributed by atoms with Crippen molar-refractivity contribution in [2.45, 2.75) is 26.9 Å². The highest BCUT2D eigenvalue weighted by Gasteiger charge is 2.42. The Morgan fingerprint density at radius 3 is 1.44 bits per heavy atom. The van der Waals surface area contributed by atoms with Crippen molar-refractivity contribution in [3.8, 4) is 0 Å². The molecule has 25 heavy (non-hydrogen) atoms. The van der Waals surface area contributed by atoms with Crippen LogP contribution < -0.4 is 0 Å². The Balaban J connectivity index is 0.000000547. The Bertz CT molecular complexity index is 280. The van der Waals surface area contributed by atoms with Crippen LogP contribution in [0.1, 0.15) is 20.8 Å². The maximum Gasteiger partial charge on any atom is 0.678 e. The van der Waals surface area contributed by atoms with Crippen LogP contribution >= 0.6 is 0 Å². The van der Waals surface area contributed by atoms with Crippen LogP contribution in [0.15, 0.2) is 0 Å². The summed E-state index contributed by atoms with van der Waals surface area (Å²) in [5, 5.41) is 0. The lowest BCUT2D eigenvalue weighted by atomic mass is 10.5. The summed E-state index contributed by atoms with van der Waals surface area (Å²) in [5.41, 5.74) is 0. The number of hydrogen-bond donors (Lipinski definition) is 0. The molecule has 0 aromatic carbocycles. The zero-order chi connectivity index (χ0) is 19.2. The topological polar surface area (TPSA) is 86.4 Å². The third kappa shape index (κ3) is 10.1. The van der Waals surface area contributed by atoms with Gasteiger partial charge in [0.2, 0.25) is 0 Å². The Kier molecular flexibility index (Phi) is 14.2. The van der Waals surface area contributed by atoms with E-state index < -0.39 is 17.9 Å². The van der Waals surface area contributed by atoms with Crippen molar-refractivity contribution in [1.82, 2.24) is 0 Å². The van der Waals surface area contributed by atoms with Crippen molar-refractivity contribution in [2.75, 3.05) is 67.7 Å². The van der Waals surface area contributed by atoms with E-state index in [0.717, 1.165) is 6.61 Å². The minimum Gasteiger partial charge on any atom is -0.374 e. The largest absolute Gasteiger partial charge is 0.678 e. The quantitative estimate of drug-likeness (QED) is 0.312. The number of rotatable bonds is 14. The molecule has 1 saturated heterocycles. The van der Waals surface area contributed by atoms with Gasteiger partial charge in [0.15, 0.2) is 0 Å². The van der Waals surface area contributed by atoms with Crippen molar-refractivity contribution in [3.63, 3.8) is 0 Å². The number of epoxide rings is 1. The van der Waals surface area contributed by atoms with Gasteiger partial charge in [-0.15, -0.1) is 0 Å². The monoisotopic (exact) mass is 402 g/mol. The van der Waals surface area contributed by atoms with Gasteiger partial charge < -0.3 is 40.5 Å². The second kappa shape index (κ2) is 14.2. The zero-order valence-electron chi connectivity index (χ0n) is 16.5. The highest BCUT2D eigenvalue weighted by molar-refractivity contribution is 6.60. The molecule has 0 aromatic heterocycles. The van der Waals surface area contributed by atoms with Crippen molar-refractivity contribution >= 4 is 17.9 Å². The molecular weight excluding hydrogens is 368 g/mol. The van der Waals surface area contributed by atoms with Crippen molar-refractivity contribution in [1.29, 1.82) is 0 Å². The third-order valence-electron chi connectivity index (χ3n) is 3.08. The van der Waals surface area contributed by atoms with E-state index in [1.807, 2.05) is 20.8 Å². The summed E-state index contributed by atoms with van der Waals surface area (Å²) in [7, 11) is 0.652. The Labute approximate surface area is 153 Å². The molecule has 0 N–H and O–H groups in total. The average Bonchev–Trinajstić information content (AvgIpc) is 3.43. The van der Waals surface area contributed by atoms with Crippen LogP contribution in [0.2, 0.25) is 0 Å². The van der Waals surface area contributed by atoms with Crippen LogP contribution in [0.25, 0.3) is 0 Å². The first kappa shape index (κ1) is 25.1. The van der Waals surface area contributed by atoms with Gasteiger partial charge in [0.05, 0.1) is 13.2 Å². The van der Waals surface area contributed by atoms with E-state index in [9.17, 15) is 0 Å². The molecule has 1 aliphatic rings. The minimum absolute atomic E-state index is 0.261. The standard InChI is InChI=1S/C10H22O5Si.C4H12O4Si/c1-4-13-16(14-5-2,15-6-3)9-11-7-10-8-12-10;1-5-9(6-2,7-3)8-4/h10H,4-9H2,1-3H3;1-4H3. The van der Waals surface area contributed by atoms with Gasteiger partial charge in [-0.05, 0) is 20.8 Å². The van der Waals surface area contributed by atoms with Gasteiger partial charge in [0, 0.05) is 48.3 Å². The molecule has 9 nitrogen and oxygen atoms in total. The summed E-state index contributed by atoms with van der Waals surface area (Å²) < 4.78 is 47.0. The molecule has 1 atom stereocenters. The molecule has 1 rings (SSSR count). The first-order valence-electron chi connectivity index (χ1n) is 8.32. The fourth-order valence-corrected chi connectivity index (χ4v) is 5.08. The Morgan fingerprint density at radius 1 is 0.800 bits per heavy atom. The lowest BCUT2D eigenvalue weighted by molar-refractivity contribution is 0.0225. The molecule has 0 aromatic rings. The van der Waals surface area contributed by atoms with Crippen molar-refractivity contribution < 1.29 is 40.5 Å². The average molecular weight is 403 g/mol. The van der Waals surface area contributed by atoms with E-state index >= 15 is 0 Å². The summed E-state index contributed by atoms with van der Waals surface area (Å²) in [6.45, 7) is 8.94. The van der Waals surface area contributed by atoms with Crippen LogP contribution in [0, 0.1) is 0 Å². The molecule has 0 radical (unpaired) electrons. The molecule has 0 amide bonds. The summed E-state index contributed by atoms with van der Waals surface area (Å²) >= 11 is 0.